The highest BCUT2D eigenvalue weighted by molar-refractivity contribution is 8.24. The zero-order valence-corrected chi connectivity index (χ0v) is 24.5. The Hall–Kier alpha value is -3.76. The van der Waals surface area contributed by atoms with Gasteiger partial charge in [-0.2, -0.15) is 0 Å². The summed E-state index contributed by atoms with van der Waals surface area (Å²) in [7, 11) is -3.88. The van der Waals surface area contributed by atoms with E-state index in [0.717, 1.165) is 38.2 Å². The lowest BCUT2D eigenvalue weighted by Crippen LogP contribution is -2.37. The van der Waals surface area contributed by atoms with Crippen molar-refractivity contribution in [2.24, 2.45) is 0 Å². The summed E-state index contributed by atoms with van der Waals surface area (Å²) in [5.74, 6) is 0. The number of nitrogens with zero attached hydrogens (tertiary/aromatic N) is 1. The van der Waals surface area contributed by atoms with Gasteiger partial charge in [0, 0.05) is 16.9 Å². The minimum Gasteiger partial charge on any atom is -0.261 e. The summed E-state index contributed by atoms with van der Waals surface area (Å²) in [6, 6.07) is 42.8. The van der Waals surface area contributed by atoms with Crippen LogP contribution in [0.1, 0.15) is 16.7 Å². The van der Waals surface area contributed by atoms with Crippen molar-refractivity contribution in [2.75, 3.05) is 10.8 Å². The number of para-hydroxylation sites is 1. The number of hydrogen-bond donors (Lipinski definition) is 0. The first kappa shape index (κ1) is 26.5. The number of benzene rings is 5. The molecule has 0 aromatic heterocycles. The fourth-order valence-electron chi connectivity index (χ4n) is 5.33. The zero-order chi connectivity index (χ0) is 27.7. The second-order valence-corrected chi connectivity index (χ2v) is 16.1. The molecule has 0 spiro atoms. The maximum absolute atomic E-state index is 14.3. The molecule has 0 aliphatic carbocycles. The van der Waals surface area contributed by atoms with E-state index < -0.39 is 16.1 Å². The van der Waals surface area contributed by atoms with Crippen LogP contribution in [0.15, 0.2) is 150 Å². The summed E-state index contributed by atoms with van der Waals surface area (Å²) < 4.78 is 30.2. The van der Waals surface area contributed by atoms with E-state index in [1.165, 1.54) is 0 Å². The normalized spacial score (nSPS) is 13.7. The van der Waals surface area contributed by atoms with Crippen LogP contribution in [-0.4, -0.2) is 15.0 Å². The average Bonchev–Trinajstić information content (AvgIpc) is 3.01. The number of fused-ring (bicyclic) bond motifs is 1. The first-order valence-corrected chi connectivity index (χ1v) is 17.3. The molecule has 1 heterocycles. The van der Waals surface area contributed by atoms with E-state index in [1.54, 1.807) is 16.4 Å². The SMILES string of the molecule is Cc1ccc(S(=O)(=O)N2CC(P(=S)(c3ccccc3)c3ccccc3)=C(c3ccccc3)c3ccccc32)cc1. The van der Waals surface area contributed by atoms with Gasteiger partial charge in [-0.3, -0.25) is 4.31 Å². The van der Waals surface area contributed by atoms with Gasteiger partial charge in [0.2, 0.25) is 0 Å². The van der Waals surface area contributed by atoms with Crippen LogP contribution in [0.25, 0.3) is 5.57 Å². The first-order valence-electron chi connectivity index (χ1n) is 13.1. The lowest BCUT2D eigenvalue weighted by atomic mass is 9.94. The van der Waals surface area contributed by atoms with Gasteiger partial charge in [-0.25, -0.2) is 8.42 Å². The van der Waals surface area contributed by atoms with Gasteiger partial charge in [-0.1, -0.05) is 139 Å². The fraction of sp³-hybridized carbons (Fsp3) is 0.0588. The highest BCUT2D eigenvalue weighted by atomic mass is 32.4. The van der Waals surface area contributed by atoms with Crippen molar-refractivity contribution in [3.8, 4) is 0 Å². The van der Waals surface area contributed by atoms with E-state index in [0.29, 0.717) is 5.69 Å². The number of aryl methyl sites for hydroxylation is 1. The van der Waals surface area contributed by atoms with Gasteiger partial charge in [0.25, 0.3) is 10.0 Å². The third-order valence-electron chi connectivity index (χ3n) is 7.32. The Morgan fingerprint density at radius 2 is 1.15 bits per heavy atom. The van der Waals surface area contributed by atoms with Crippen LogP contribution in [-0.2, 0) is 21.8 Å². The maximum atomic E-state index is 14.3. The summed E-state index contributed by atoms with van der Waals surface area (Å²) in [6.07, 6.45) is 0. The molecule has 3 nitrogen and oxygen atoms in total. The van der Waals surface area contributed by atoms with E-state index in [4.69, 9.17) is 11.8 Å². The van der Waals surface area contributed by atoms with Gasteiger partial charge in [0.15, 0.2) is 0 Å². The summed E-state index contributed by atoms with van der Waals surface area (Å²) in [5, 5.41) is 3.03. The van der Waals surface area contributed by atoms with Crippen LogP contribution >= 0.6 is 6.04 Å². The molecule has 0 bridgehead atoms. The van der Waals surface area contributed by atoms with Gasteiger partial charge in [0.1, 0.15) is 0 Å². The molecule has 198 valence electrons. The Morgan fingerprint density at radius 1 is 0.650 bits per heavy atom. The number of rotatable bonds is 6. The summed E-state index contributed by atoms with van der Waals surface area (Å²) >= 11 is 6.80. The van der Waals surface area contributed by atoms with Crippen molar-refractivity contribution >= 4 is 49.7 Å². The fourth-order valence-corrected chi connectivity index (χ4v) is 11.1. The topological polar surface area (TPSA) is 37.4 Å². The summed E-state index contributed by atoms with van der Waals surface area (Å²) in [6.45, 7) is 2.12. The predicted molar refractivity (Wildman–Crippen MR) is 171 cm³/mol. The molecular weight excluding hydrogens is 549 g/mol. The third kappa shape index (κ3) is 4.54. The molecule has 5 aromatic rings. The molecule has 0 saturated carbocycles. The van der Waals surface area contributed by atoms with Crippen molar-refractivity contribution in [3.63, 3.8) is 0 Å². The second kappa shape index (κ2) is 10.7. The molecule has 1 aliphatic rings. The molecule has 0 N–H and O–H groups in total. The van der Waals surface area contributed by atoms with E-state index in [2.05, 4.69) is 36.4 Å². The van der Waals surface area contributed by atoms with Crippen molar-refractivity contribution in [2.45, 2.75) is 11.8 Å². The molecule has 5 aromatic carbocycles. The Labute approximate surface area is 241 Å². The van der Waals surface area contributed by atoms with Crippen molar-refractivity contribution in [1.82, 2.24) is 0 Å². The van der Waals surface area contributed by atoms with E-state index in [-0.39, 0.29) is 11.4 Å². The van der Waals surface area contributed by atoms with Crippen molar-refractivity contribution in [3.05, 3.63) is 162 Å². The van der Waals surface area contributed by atoms with Crippen molar-refractivity contribution < 1.29 is 8.42 Å². The molecule has 0 saturated heterocycles. The number of anilines is 1. The van der Waals surface area contributed by atoms with Crippen LogP contribution in [0.4, 0.5) is 5.69 Å². The molecule has 0 unspecified atom stereocenters. The molecule has 0 atom stereocenters. The Kier molecular flexibility index (Phi) is 7.06. The molecule has 6 rings (SSSR count). The van der Waals surface area contributed by atoms with Crippen LogP contribution in [0.5, 0.6) is 0 Å². The Morgan fingerprint density at radius 3 is 1.73 bits per heavy atom. The van der Waals surface area contributed by atoms with E-state index >= 15 is 0 Å². The largest absolute Gasteiger partial charge is 0.264 e. The molecular formula is C34H28NO2PS2. The molecule has 0 amide bonds. The van der Waals surface area contributed by atoms with Crippen molar-refractivity contribution in [1.29, 1.82) is 0 Å². The minimum atomic E-state index is -3.88. The monoisotopic (exact) mass is 577 g/mol. The highest BCUT2D eigenvalue weighted by Crippen LogP contribution is 2.59. The molecule has 6 heteroatoms. The van der Waals surface area contributed by atoms with Crippen LogP contribution < -0.4 is 14.9 Å². The number of hydrogen-bond acceptors (Lipinski definition) is 3. The number of sulfonamides is 1. The smallest absolute Gasteiger partial charge is 0.261 e. The van der Waals surface area contributed by atoms with Crippen LogP contribution in [0.2, 0.25) is 0 Å². The lowest BCUT2D eigenvalue weighted by Gasteiger charge is -2.38. The minimum absolute atomic E-state index is 0.165. The van der Waals surface area contributed by atoms with Crippen LogP contribution in [0.3, 0.4) is 0 Å². The molecule has 0 radical (unpaired) electrons. The lowest BCUT2D eigenvalue weighted by molar-refractivity contribution is 0.592. The predicted octanol–water partition coefficient (Wildman–Crippen LogP) is 7.09. The van der Waals surface area contributed by atoms with Gasteiger partial charge < -0.3 is 0 Å². The quantitative estimate of drug-likeness (QED) is 0.202. The standard InChI is InChI=1S/C34H28NO2PS2/c1-26-21-23-30(24-22-26)40(36,37)35-25-33(34(27-13-5-2-6-14-27)31-19-11-12-20-32(31)35)38(39,28-15-7-3-8-16-28)29-17-9-4-10-18-29/h2-24H,25H2,1H3. The molecule has 0 fully saturated rings. The third-order valence-corrected chi connectivity index (χ3v) is 14.2. The van der Waals surface area contributed by atoms with E-state index in [1.807, 2.05) is 97.9 Å². The Balaban J connectivity index is 1.70. The molecule has 1 aliphatic heterocycles. The first-order chi connectivity index (χ1) is 19.4. The molecule has 40 heavy (non-hydrogen) atoms. The van der Waals surface area contributed by atoms with Gasteiger partial charge in [0.05, 0.1) is 17.1 Å². The van der Waals surface area contributed by atoms with Gasteiger partial charge >= 0.3 is 0 Å². The average molecular weight is 578 g/mol. The zero-order valence-electron chi connectivity index (χ0n) is 22.0. The van der Waals surface area contributed by atoms with Crippen LogP contribution in [0, 0.1) is 6.92 Å². The summed E-state index contributed by atoms with van der Waals surface area (Å²) in [4.78, 5) is 0.267. The Bertz CT molecular complexity index is 1810. The van der Waals surface area contributed by atoms with Gasteiger partial charge in [-0.05, 0) is 46.9 Å². The highest BCUT2D eigenvalue weighted by Gasteiger charge is 2.39. The van der Waals surface area contributed by atoms with Gasteiger partial charge in [-0.15, -0.1) is 0 Å². The summed E-state index contributed by atoms with van der Waals surface area (Å²) in [5.41, 5.74) is 4.58. The van der Waals surface area contributed by atoms with E-state index in [9.17, 15) is 8.42 Å². The second-order valence-electron chi connectivity index (χ2n) is 9.81. The maximum Gasteiger partial charge on any atom is 0.264 e.